The van der Waals surface area contributed by atoms with E-state index < -0.39 is 0 Å². The van der Waals surface area contributed by atoms with Crippen molar-refractivity contribution in [3.8, 4) is 0 Å². The smallest absolute Gasteiger partial charge is 0.199 e. The van der Waals surface area contributed by atoms with Crippen LogP contribution >= 0.6 is 12.2 Å². The summed E-state index contributed by atoms with van der Waals surface area (Å²) in [4.78, 5) is 15.2. The van der Waals surface area contributed by atoms with Gasteiger partial charge >= 0.3 is 0 Å². The van der Waals surface area contributed by atoms with Gasteiger partial charge < -0.3 is 4.57 Å². The van der Waals surface area contributed by atoms with E-state index in [4.69, 9.17) is 12.2 Å². The van der Waals surface area contributed by atoms with E-state index in [1.807, 2.05) is 34.6 Å². The zero-order chi connectivity index (χ0) is 18.8. The Balaban J connectivity index is 1.61. The number of aryl methyl sites for hydroxylation is 2. The van der Waals surface area contributed by atoms with E-state index in [1.54, 1.807) is 0 Å². The average Bonchev–Trinajstić information content (AvgIpc) is 2.96. The SMILES string of the molecule is Cc1ccc(C(=O)C2CCN(Cn3ncn(C(C)C)c3=S)CC2)c(C)c1. The molecule has 2 heterocycles. The molecule has 1 aliphatic heterocycles. The lowest BCUT2D eigenvalue weighted by molar-refractivity contribution is 0.0802. The van der Waals surface area contributed by atoms with Crippen LogP contribution in [-0.4, -0.2) is 38.1 Å². The topological polar surface area (TPSA) is 43.1 Å². The molecular formula is C20H28N4OS. The predicted octanol–water partition coefficient (Wildman–Crippen LogP) is 4.16. The van der Waals surface area contributed by atoms with Gasteiger partial charge in [0.05, 0.1) is 6.67 Å². The second-order valence-electron chi connectivity index (χ2n) is 7.63. The molecule has 0 unspecified atom stereocenters. The minimum atomic E-state index is 0.119. The monoisotopic (exact) mass is 372 g/mol. The number of piperidine rings is 1. The first-order valence-electron chi connectivity index (χ1n) is 9.34. The first-order valence-corrected chi connectivity index (χ1v) is 9.75. The fraction of sp³-hybridized carbons (Fsp3) is 0.550. The van der Waals surface area contributed by atoms with Gasteiger partial charge in [0, 0.05) is 30.6 Å². The molecule has 1 fully saturated rings. The van der Waals surface area contributed by atoms with Crippen LogP contribution in [0.1, 0.15) is 54.2 Å². The number of hydrogen-bond donors (Lipinski definition) is 0. The van der Waals surface area contributed by atoms with E-state index in [0.29, 0.717) is 18.5 Å². The van der Waals surface area contributed by atoms with Gasteiger partial charge in [-0.05, 0) is 58.3 Å². The molecule has 0 N–H and O–H groups in total. The highest BCUT2D eigenvalue weighted by Crippen LogP contribution is 2.24. The van der Waals surface area contributed by atoms with Gasteiger partial charge in [0.15, 0.2) is 10.6 Å². The van der Waals surface area contributed by atoms with Crippen molar-refractivity contribution in [1.82, 2.24) is 19.2 Å². The molecule has 1 saturated heterocycles. The van der Waals surface area contributed by atoms with E-state index in [0.717, 1.165) is 41.8 Å². The molecule has 0 amide bonds. The molecule has 0 spiro atoms. The normalized spacial score (nSPS) is 16.3. The maximum atomic E-state index is 12.9. The van der Waals surface area contributed by atoms with Gasteiger partial charge in [0.25, 0.3) is 0 Å². The third-order valence-corrected chi connectivity index (χ3v) is 5.67. The van der Waals surface area contributed by atoms with Crippen LogP contribution in [0, 0.1) is 24.5 Å². The Morgan fingerprint density at radius 1 is 1.27 bits per heavy atom. The highest BCUT2D eigenvalue weighted by Gasteiger charge is 2.27. The molecule has 0 saturated carbocycles. The summed E-state index contributed by atoms with van der Waals surface area (Å²) in [5, 5.41) is 4.42. The molecule has 6 heteroatoms. The zero-order valence-electron chi connectivity index (χ0n) is 16.1. The molecule has 1 aromatic carbocycles. The maximum absolute atomic E-state index is 12.9. The molecule has 0 bridgehead atoms. The Morgan fingerprint density at radius 2 is 1.96 bits per heavy atom. The number of Topliss-reactive ketones (excluding diaryl/α,β-unsaturated/α-hetero) is 1. The molecule has 1 aromatic heterocycles. The fourth-order valence-electron chi connectivity index (χ4n) is 3.64. The number of nitrogens with zero attached hydrogens (tertiary/aromatic N) is 4. The third-order valence-electron chi connectivity index (χ3n) is 5.25. The number of carbonyl (C=O) groups is 1. The largest absolute Gasteiger partial charge is 0.304 e. The first kappa shape index (κ1) is 19.0. The van der Waals surface area contributed by atoms with Gasteiger partial charge in [0.1, 0.15) is 6.33 Å². The highest BCUT2D eigenvalue weighted by atomic mass is 32.1. The zero-order valence-corrected chi connectivity index (χ0v) is 16.9. The first-order chi connectivity index (χ1) is 12.4. The van der Waals surface area contributed by atoms with Crippen molar-refractivity contribution in [3.05, 3.63) is 46.0 Å². The van der Waals surface area contributed by atoms with Crippen LogP contribution in [0.5, 0.6) is 0 Å². The maximum Gasteiger partial charge on any atom is 0.199 e. The molecule has 1 aliphatic rings. The lowest BCUT2D eigenvalue weighted by Gasteiger charge is -2.31. The minimum Gasteiger partial charge on any atom is -0.304 e. The van der Waals surface area contributed by atoms with E-state index in [1.165, 1.54) is 5.56 Å². The van der Waals surface area contributed by atoms with Gasteiger partial charge in [-0.25, -0.2) is 4.68 Å². The number of hydrogen-bond acceptors (Lipinski definition) is 4. The molecule has 3 rings (SSSR count). The summed E-state index contributed by atoms with van der Waals surface area (Å²) in [6.07, 6.45) is 3.60. The lowest BCUT2D eigenvalue weighted by atomic mass is 9.87. The quantitative estimate of drug-likeness (QED) is 0.584. The number of benzene rings is 1. The van der Waals surface area contributed by atoms with Crippen molar-refractivity contribution >= 4 is 18.0 Å². The van der Waals surface area contributed by atoms with Gasteiger partial charge in [-0.1, -0.05) is 23.8 Å². The predicted molar refractivity (Wildman–Crippen MR) is 106 cm³/mol. The summed E-state index contributed by atoms with van der Waals surface area (Å²) in [5.74, 6) is 0.414. The Hall–Kier alpha value is -1.79. The van der Waals surface area contributed by atoms with Crippen LogP contribution < -0.4 is 0 Å². The summed E-state index contributed by atoms with van der Waals surface area (Å²) >= 11 is 5.51. The van der Waals surface area contributed by atoms with E-state index in [-0.39, 0.29) is 5.92 Å². The van der Waals surface area contributed by atoms with Gasteiger partial charge in [-0.3, -0.25) is 9.69 Å². The Morgan fingerprint density at radius 3 is 2.54 bits per heavy atom. The van der Waals surface area contributed by atoms with E-state index >= 15 is 0 Å². The van der Waals surface area contributed by atoms with E-state index in [2.05, 4.69) is 36.8 Å². The van der Waals surface area contributed by atoms with Crippen molar-refractivity contribution in [2.45, 2.75) is 53.2 Å². The summed E-state index contributed by atoms with van der Waals surface area (Å²) in [5.41, 5.74) is 3.17. The highest BCUT2D eigenvalue weighted by molar-refractivity contribution is 7.71. The molecule has 5 nitrogen and oxygen atoms in total. The third kappa shape index (κ3) is 3.96. The second kappa shape index (κ2) is 7.84. The fourth-order valence-corrected chi connectivity index (χ4v) is 4.00. The van der Waals surface area contributed by atoms with E-state index in [9.17, 15) is 4.79 Å². The number of aromatic nitrogens is 3. The van der Waals surface area contributed by atoms with Crippen LogP contribution in [-0.2, 0) is 6.67 Å². The van der Waals surface area contributed by atoms with Crippen molar-refractivity contribution in [2.75, 3.05) is 13.1 Å². The van der Waals surface area contributed by atoms with Crippen LogP contribution in [0.4, 0.5) is 0 Å². The van der Waals surface area contributed by atoms with Crippen LogP contribution in [0.15, 0.2) is 24.5 Å². The summed E-state index contributed by atoms with van der Waals surface area (Å²) in [7, 11) is 0. The van der Waals surface area contributed by atoms with Crippen molar-refractivity contribution in [3.63, 3.8) is 0 Å². The summed E-state index contributed by atoms with van der Waals surface area (Å²) in [6, 6.07) is 6.42. The Kier molecular flexibility index (Phi) is 5.73. The number of carbonyl (C=O) groups excluding carboxylic acids is 1. The molecule has 26 heavy (non-hydrogen) atoms. The summed E-state index contributed by atoms with van der Waals surface area (Å²) in [6.45, 7) is 10.8. The number of ketones is 1. The Bertz CT molecular complexity index is 844. The minimum absolute atomic E-state index is 0.119. The molecule has 0 atom stereocenters. The number of rotatable bonds is 5. The van der Waals surface area contributed by atoms with Crippen LogP contribution in [0.3, 0.4) is 0 Å². The van der Waals surface area contributed by atoms with Crippen LogP contribution in [0.25, 0.3) is 0 Å². The van der Waals surface area contributed by atoms with Gasteiger partial charge in [-0.15, -0.1) is 0 Å². The van der Waals surface area contributed by atoms with Crippen molar-refractivity contribution < 1.29 is 4.79 Å². The van der Waals surface area contributed by atoms with Crippen LogP contribution in [0.2, 0.25) is 0 Å². The molecule has 0 aliphatic carbocycles. The second-order valence-corrected chi connectivity index (χ2v) is 8.00. The molecule has 2 aromatic rings. The summed E-state index contributed by atoms with van der Waals surface area (Å²) < 4.78 is 4.64. The molecule has 140 valence electrons. The van der Waals surface area contributed by atoms with Crippen molar-refractivity contribution in [1.29, 1.82) is 0 Å². The average molecular weight is 373 g/mol. The standard InChI is InChI=1S/C20H28N4OS/c1-14(2)23-12-21-24(20(23)26)13-22-9-7-17(8-10-22)19(25)18-6-5-15(3)11-16(18)4/h5-6,11-12,14,17H,7-10,13H2,1-4H3. The number of likely N-dealkylation sites (tertiary alicyclic amines) is 1. The van der Waals surface area contributed by atoms with Crippen molar-refractivity contribution in [2.24, 2.45) is 5.92 Å². The molecule has 0 radical (unpaired) electrons. The van der Waals surface area contributed by atoms with Gasteiger partial charge in [-0.2, -0.15) is 5.10 Å². The Labute approximate surface area is 160 Å². The van der Waals surface area contributed by atoms with Gasteiger partial charge in [0.2, 0.25) is 0 Å². The molecular weight excluding hydrogens is 344 g/mol. The lowest BCUT2D eigenvalue weighted by Crippen LogP contribution is -2.37.